The average Bonchev–Trinajstić information content (AvgIpc) is 2.75. The summed E-state index contributed by atoms with van der Waals surface area (Å²) in [6.07, 6.45) is 1.92. The van der Waals surface area contributed by atoms with E-state index >= 15 is 0 Å². The summed E-state index contributed by atoms with van der Waals surface area (Å²) in [5, 5.41) is 3.04. The van der Waals surface area contributed by atoms with Crippen molar-refractivity contribution in [3.8, 4) is 11.5 Å². The molecule has 0 aliphatic carbocycles. The Morgan fingerprint density at radius 1 is 1.00 bits per heavy atom. The number of anilines is 1. The van der Waals surface area contributed by atoms with E-state index in [0.717, 1.165) is 30.3 Å². The monoisotopic (exact) mass is 396 g/mol. The van der Waals surface area contributed by atoms with E-state index < -0.39 is 6.10 Å². The zero-order valence-electron chi connectivity index (χ0n) is 17.9. The van der Waals surface area contributed by atoms with Gasteiger partial charge in [-0.15, -0.1) is 0 Å². The van der Waals surface area contributed by atoms with Crippen LogP contribution in [-0.4, -0.2) is 32.2 Å². The zero-order chi connectivity index (χ0) is 20.8. The van der Waals surface area contributed by atoms with E-state index in [0.29, 0.717) is 5.75 Å². The minimum Gasteiger partial charge on any atom is -0.497 e. The van der Waals surface area contributed by atoms with Crippen LogP contribution in [0, 0.1) is 5.92 Å². The quantitative estimate of drug-likeness (QED) is 0.744. The molecule has 1 heterocycles. The summed E-state index contributed by atoms with van der Waals surface area (Å²) < 4.78 is 10.9. The Hall–Kier alpha value is -2.69. The van der Waals surface area contributed by atoms with E-state index in [2.05, 4.69) is 41.4 Å². The molecule has 2 atom stereocenters. The number of nitrogens with zero attached hydrogens (tertiary/aromatic N) is 1. The van der Waals surface area contributed by atoms with Gasteiger partial charge in [-0.3, -0.25) is 4.79 Å². The number of carbonyl (C=O) groups excluding carboxylic acids is 1. The van der Waals surface area contributed by atoms with Crippen molar-refractivity contribution in [2.24, 2.45) is 5.92 Å². The second-order valence-electron chi connectivity index (χ2n) is 7.93. The fourth-order valence-corrected chi connectivity index (χ4v) is 3.57. The zero-order valence-corrected chi connectivity index (χ0v) is 17.9. The molecular formula is C24H32N2O3. The van der Waals surface area contributed by atoms with Crippen LogP contribution in [-0.2, 0) is 4.79 Å². The molecule has 2 aromatic carbocycles. The standard InChI is InChI=1S/C24H32N2O3/c1-17-13-15-26(16-14-17)21-7-5-20(6-8-21)18(2)25-24(27)19(3)29-23-11-9-22(28-4)10-12-23/h5-12,17-19H,13-16H2,1-4H3,(H,25,27). The number of ether oxygens (including phenoxy) is 2. The number of carbonyl (C=O) groups is 1. The number of piperidine rings is 1. The summed E-state index contributed by atoms with van der Waals surface area (Å²) in [5.74, 6) is 2.08. The summed E-state index contributed by atoms with van der Waals surface area (Å²) in [6, 6.07) is 15.7. The Morgan fingerprint density at radius 3 is 2.17 bits per heavy atom. The van der Waals surface area contributed by atoms with Gasteiger partial charge in [-0.25, -0.2) is 0 Å². The van der Waals surface area contributed by atoms with Gasteiger partial charge in [-0.1, -0.05) is 19.1 Å². The minimum atomic E-state index is -0.583. The summed E-state index contributed by atoms with van der Waals surface area (Å²) in [6.45, 7) is 8.31. The van der Waals surface area contributed by atoms with Crippen LogP contribution in [0.3, 0.4) is 0 Å². The highest BCUT2D eigenvalue weighted by Crippen LogP contribution is 2.25. The molecule has 0 spiro atoms. The summed E-state index contributed by atoms with van der Waals surface area (Å²) >= 11 is 0. The third-order valence-corrected chi connectivity index (χ3v) is 5.64. The molecule has 1 saturated heterocycles. The fraction of sp³-hybridized carbons (Fsp3) is 0.458. The van der Waals surface area contributed by atoms with Gasteiger partial charge >= 0.3 is 0 Å². The van der Waals surface area contributed by atoms with Crippen molar-refractivity contribution < 1.29 is 14.3 Å². The molecule has 0 saturated carbocycles. The number of amides is 1. The number of hydrogen-bond donors (Lipinski definition) is 1. The van der Waals surface area contributed by atoms with Gasteiger partial charge in [0.05, 0.1) is 13.2 Å². The predicted octanol–water partition coefficient (Wildman–Crippen LogP) is 4.58. The van der Waals surface area contributed by atoms with Crippen LogP contribution >= 0.6 is 0 Å². The van der Waals surface area contributed by atoms with Crippen LogP contribution in [0.15, 0.2) is 48.5 Å². The molecule has 2 aromatic rings. The Bertz CT molecular complexity index is 781. The van der Waals surface area contributed by atoms with Gasteiger partial charge in [0.25, 0.3) is 5.91 Å². The first-order chi connectivity index (χ1) is 14.0. The number of benzene rings is 2. The first kappa shape index (κ1) is 21.0. The molecule has 5 heteroatoms. The van der Waals surface area contributed by atoms with Gasteiger partial charge in [0.15, 0.2) is 6.10 Å². The number of rotatable bonds is 7. The third kappa shape index (κ3) is 5.66. The molecule has 0 bridgehead atoms. The average molecular weight is 397 g/mol. The van der Waals surface area contributed by atoms with E-state index in [9.17, 15) is 4.79 Å². The molecular weight excluding hydrogens is 364 g/mol. The number of hydrogen-bond acceptors (Lipinski definition) is 4. The van der Waals surface area contributed by atoms with E-state index in [1.54, 1.807) is 26.2 Å². The lowest BCUT2D eigenvalue weighted by atomic mass is 9.98. The van der Waals surface area contributed by atoms with Crippen LogP contribution in [0.5, 0.6) is 11.5 Å². The van der Waals surface area contributed by atoms with Crippen LogP contribution in [0.4, 0.5) is 5.69 Å². The molecule has 1 amide bonds. The predicted molar refractivity (Wildman–Crippen MR) is 117 cm³/mol. The lowest BCUT2D eigenvalue weighted by molar-refractivity contribution is -0.127. The molecule has 5 nitrogen and oxygen atoms in total. The smallest absolute Gasteiger partial charge is 0.261 e. The number of methoxy groups -OCH3 is 1. The molecule has 0 aromatic heterocycles. The molecule has 156 valence electrons. The van der Waals surface area contributed by atoms with Crippen molar-refractivity contribution in [1.29, 1.82) is 0 Å². The first-order valence-corrected chi connectivity index (χ1v) is 10.4. The Kier molecular flexibility index (Phi) is 7.02. The molecule has 0 radical (unpaired) electrons. The van der Waals surface area contributed by atoms with Crippen molar-refractivity contribution in [3.05, 3.63) is 54.1 Å². The normalized spacial score (nSPS) is 16.8. The number of nitrogens with one attached hydrogen (secondary N) is 1. The van der Waals surface area contributed by atoms with Crippen molar-refractivity contribution >= 4 is 11.6 Å². The molecule has 1 aliphatic heterocycles. The van der Waals surface area contributed by atoms with Crippen molar-refractivity contribution in [2.45, 2.75) is 45.8 Å². The van der Waals surface area contributed by atoms with Gasteiger partial charge in [-0.05, 0) is 74.6 Å². The SMILES string of the molecule is COc1ccc(OC(C)C(=O)NC(C)c2ccc(N3CCC(C)CC3)cc2)cc1. The summed E-state index contributed by atoms with van der Waals surface area (Å²) in [7, 11) is 1.62. The van der Waals surface area contributed by atoms with E-state index in [1.807, 2.05) is 19.1 Å². The van der Waals surface area contributed by atoms with Gasteiger partial charge in [0, 0.05) is 18.8 Å². The van der Waals surface area contributed by atoms with Crippen LogP contribution in [0.2, 0.25) is 0 Å². The van der Waals surface area contributed by atoms with E-state index in [-0.39, 0.29) is 11.9 Å². The van der Waals surface area contributed by atoms with Crippen molar-refractivity contribution in [3.63, 3.8) is 0 Å². The maximum absolute atomic E-state index is 12.5. The Labute approximate surface area is 174 Å². The van der Waals surface area contributed by atoms with E-state index in [1.165, 1.54) is 18.5 Å². The molecule has 1 fully saturated rings. The molecule has 29 heavy (non-hydrogen) atoms. The molecule has 1 N–H and O–H groups in total. The second-order valence-corrected chi connectivity index (χ2v) is 7.93. The summed E-state index contributed by atoms with van der Waals surface area (Å²) in [4.78, 5) is 15.0. The van der Waals surface area contributed by atoms with Crippen LogP contribution < -0.4 is 19.7 Å². The first-order valence-electron chi connectivity index (χ1n) is 10.4. The Morgan fingerprint density at radius 2 is 1.59 bits per heavy atom. The van der Waals surface area contributed by atoms with Gasteiger partial charge < -0.3 is 19.7 Å². The maximum Gasteiger partial charge on any atom is 0.261 e. The molecule has 1 aliphatic rings. The van der Waals surface area contributed by atoms with Crippen molar-refractivity contribution in [2.75, 3.05) is 25.1 Å². The lowest BCUT2D eigenvalue weighted by Crippen LogP contribution is -2.37. The highest BCUT2D eigenvalue weighted by Gasteiger charge is 2.19. The largest absolute Gasteiger partial charge is 0.497 e. The third-order valence-electron chi connectivity index (χ3n) is 5.64. The van der Waals surface area contributed by atoms with Gasteiger partial charge in [-0.2, -0.15) is 0 Å². The van der Waals surface area contributed by atoms with Crippen LogP contribution in [0.25, 0.3) is 0 Å². The highest BCUT2D eigenvalue weighted by molar-refractivity contribution is 5.81. The summed E-state index contributed by atoms with van der Waals surface area (Å²) in [5.41, 5.74) is 2.35. The molecule has 3 rings (SSSR count). The Balaban J connectivity index is 1.53. The maximum atomic E-state index is 12.5. The van der Waals surface area contributed by atoms with Gasteiger partial charge in [0.1, 0.15) is 11.5 Å². The van der Waals surface area contributed by atoms with Crippen molar-refractivity contribution in [1.82, 2.24) is 5.32 Å². The lowest BCUT2D eigenvalue weighted by Gasteiger charge is -2.32. The highest BCUT2D eigenvalue weighted by atomic mass is 16.5. The second kappa shape index (κ2) is 9.68. The van der Waals surface area contributed by atoms with Gasteiger partial charge in [0.2, 0.25) is 0 Å². The van der Waals surface area contributed by atoms with E-state index in [4.69, 9.17) is 9.47 Å². The fourth-order valence-electron chi connectivity index (χ4n) is 3.57. The van der Waals surface area contributed by atoms with Crippen LogP contribution in [0.1, 0.15) is 45.2 Å². The minimum absolute atomic E-state index is 0.0835. The molecule has 2 unspecified atom stereocenters. The topological polar surface area (TPSA) is 50.8 Å².